The molecule has 2 heteroatoms. The van der Waals surface area contributed by atoms with Crippen LogP contribution in [-0.2, 0) is 6.42 Å². The summed E-state index contributed by atoms with van der Waals surface area (Å²) < 4.78 is 0. The summed E-state index contributed by atoms with van der Waals surface area (Å²) in [4.78, 5) is 5.01. The molecule has 0 unspecified atom stereocenters. The van der Waals surface area contributed by atoms with E-state index in [0.29, 0.717) is 0 Å². The molecule has 2 aromatic carbocycles. The van der Waals surface area contributed by atoms with Crippen LogP contribution in [0.4, 0.5) is 0 Å². The van der Waals surface area contributed by atoms with Crippen LogP contribution in [0.1, 0.15) is 36.5 Å². The molecule has 0 aromatic heterocycles. The summed E-state index contributed by atoms with van der Waals surface area (Å²) in [5, 5.41) is 0. The van der Waals surface area contributed by atoms with E-state index in [1.54, 1.807) is 0 Å². The van der Waals surface area contributed by atoms with Crippen molar-refractivity contribution in [1.82, 2.24) is 4.90 Å². The number of aryl methyl sites for hydroxylation is 1. The molecule has 1 aliphatic rings. The zero-order valence-electron chi connectivity index (χ0n) is 14.3. The fourth-order valence-corrected chi connectivity index (χ4v) is 4.14. The first-order chi connectivity index (χ1) is 11.2. The second kappa shape index (κ2) is 7.37. The van der Waals surface area contributed by atoms with Crippen molar-refractivity contribution in [3.05, 3.63) is 65.2 Å². The number of nitrogens with zero attached hydrogens (tertiary/aromatic N) is 1. The van der Waals surface area contributed by atoms with Gasteiger partial charge in [0.15, 0.2) is 0 Å². The predicted octanol–water partition coefficient (Wildman–Crippen LogP) is 5.49. The molecule has 0 fully saturated rings. The lowest BCUT2D eigenvalue weighted by molar-refractivity contribution is 0.417. The molecule has 0 atom stereocenters. The molecule has 0 saturated carbocycles. The van der Waals surface area contributed by atoms with Crippen molar-refractivity contribution in [2.75, 3.05) is 20.6 Å². The van der Waals surface area contributed by atoms with Crippen LogP contribution in [0.2, 0.25) is 0 Å². The number of fused-ring (bicyclic) bond motifs is 2. The van der Waals surface area contributed by atoms with Gasteiger partial charge in [0.2, 0.25) is 0 Å². The second-order valence-corrected chi connectivity index (χ2v) is 7.47. The molecule has 1 nitrogen and oxygen atoms in total. The van der Waals surface area contributed by atoms with E-state index < -0.39 is 0 Å². The Morgan fingerprint density at radius 1 is 1.00 bits per heavy atom. The fraction of sp³-hybridized carbons (Fsp3) is 0.333. The molecule has 0 N–H and O–H groups in total. The smallest absolute Gasteiger partial charge is 0.0201 e. The summed E-state index contributed by atoms with van der Waals surface area (Å²) in [6.07, 6.45) is 5.86. The Labute approximate surface area is 144 Å². The van der Waals surface area contributed by atoms with Crippen LogP contribution >= 0.6 is 11.8 Å². The third-order valence-electron chi connectivity index (χ3n) is 4.19. The predicted molar refractivity (Wildman–Crippen MR) is 101 cm³/mol. The van der Waals surface area contributed by atoms with Crippen molar-refractivity contribution in [3.63, 3.8) is 0 Å². The van der Waals surface area contributed by atoms with Crippen molar-refractivity contribution < 1.29 is 0 Å². The molecule has 0 aliphatic carbocycles. The van der Waals surface area contributed by atoms with E-state index >= 15 is 0 Å². The molecular formula is C21H25NS. The lowest BCUT2D eigenvalue weighted by atomic mass is 9.94. The maximum absolute atomic E-state index is 2.42. The first-order valence-electron chi connectivity index (χ1n) is 8.44. The Kier molecular flexibility index (Phi) is 5.24. The minimum Gasteiger partial charge on any atom is -0.309 e. The molecule has 0 spiro atoms. The molecule has 2 aromatic rings. The van der Waals surface area contributed by atoms with Gasteiger partial charge in [0, 0.05) is 16.3 Å². The third-order valence-corrected chi connectivity index (χ3v) is 5.35. The second-order valence-electron chi connectivity index (χ2n) is 6.39. The van der Waals surface area contributed by atoms with Gasteiger partial charge in [-0.05, 0) is 61.3 Å². The lowest BCUT2D eigenvalue weighted by Gasteiger charge is -2.23. The zero-order chi connectivity index (χ0) is 16.2. The van der Waals surface area contributed by atoms with E-state index in [4.69, 9.17) is 0 Å². The Bertz CT molecular complexity index is 716. The van der Waals surface area contributed by atoms with Gasteiger partial charge < -0.3 is 4.90 Å². The van der Waals surface area contributed by atoms with Crippen molar-refractivity contribution in [3.8, 4) is 0 Å². The minimum absolute atomic E-state index is 1.08. The first-order valence-corrected chi connectivity index (χ1v) is 9.26. The minimum atomic E-state index is 1.08. The maximum Gasteiger partial charge on any atom is 0.0201 e. The van der Waals surface area contributed by atoms with Crippen LogP contribution in [0.25, 0.3) is 5.57 Å². The summed E-state index contributed by atoms with van der Waals surface area (Å²) >= 11 is 1.90. The number of hydrogen-bond acceptors (Lipinski definition) is 2. The average molecular weight is 324 g/mol. The highest BCUT2D eigenvalue weighted by molar-refractivity contribution is 7.99. The largest absolute Gasteiger partial charge is 0.309 e. The van der Waals surface area contributed by atoms with Gasteiger partial charge in [-0.25, -0.2) is 0 Å². The van der Waals surface area contributed by atoms with Gasteiger partial charge in [0.1, 0.15) is 0 Å². The number of hydrogen-bond donors (Lipinski definition) is 0. The Morgan fingerprint density at radius 3 is 2.57 bits per heavy atom. The fourth-order valence-electron chi connectivity index (χ4n) is 3.05. The van der Waals surface area contributed by atoms with Gasteiger partial charge >= 0.3 is 0 Å². The summed E-state index contributed by atoms with van der Waals surface area (Å²) in [5.41, 5.74) is 5.66. The van der Waals surface area contributed by atoms with Crippen LogP contribution in [0.5, 0.6) is 0 Å². The number of rotatable bonds is 5. The van der Waals surface area contributed by atoms with E-state index in [1.165, 1.54) is 38.5 Å². The van der Waals surface area contributed by atoms with Crippen molar-refractivity contribution >= 4 is 17.3 Å². The van der Waals surface area contributed by atoms with E-state index in [2.05, 4.69) is 74.5 Å². The Balaban J connectivity index is 2.03. The van der Waals surface area contributed by atoms with Crippen molar-refractivity contribution in [2.45, 2.75) is 36.0 Å². The van der Waals surface area contributed by atoms with Crippen LogP contribution in [0, 0.1) is 0 Å². The van der Waals surface area contributed by atoms with Crippen LogP contribution in [0.15, 0.2) is 58.3 Å². The van der Waals surface area contributed by atoms with E-state index in [-0.39, 0.29) is 0 Å². The van der Waals surface area contributed by atoms with Crippen molar-refractivity contribution in [1.29, 1.82) is 0 Å². The maximum atomic E-state index is 2.42. The molecular weight excluding hydrogens is 298 g/mol. The highest BCUT2D eigenvalue weighted by Gasteiger charge is 2.20. The van der Waals surface area contributed by atoms with Crippen LogP contribution in [0.3, 0.4) is 0 Å². The highest BCUT2D eigenvalue weighted by Crippen LogP contribution is 2.45. The molecule has 23 heavy (non-hydrogen) atoms. The molecule has 1 aliphatic heterocycles. The lowest BCUT2D eigenvalue weighted by Crippen LogP contribution is -2.12. The molecule has 0 bridgehead atoms. The summed E-state index contributed by atoms with van der Waals surface area (Å²) in [7, 11) is 4.27. The Hall–Kier alpha value is -1.51. The highest BCUT2D eigenvalue weighted by atomic mass is 32.2. The van der Waals surface area contributed by atoms with Gasteiger partial charge in [-0.2, -0.15) is 0 Å². The summed E-state index contributed by atoms with van der Waals surface area (Å²) in [5.74, 6) is 0. The monoisotopic (exact) mass is 323 g/mol. The molecule has 0 amide bonds. The standard InChI is InChI=1S/C21H25NS/c1-4-8-16-12-13-21-19(15-16)17(10-7-14-22(2)3)18-9-5-6-11-20(18)23-21/h5-6,9-13,15H,4,7-8,14H2,1-3H3/b17-10+. The van der Waals surface area contributed by atoms with Gasteiger partial charge in [-0.1, -0.05) is 61.5 Å². The topological polar surface area (TPSA) is 3.24 Å². The normalized spacial score (nSPS) is 14.9. The molecule has 1 heterocycles. The molecule has 0 radical (unpaired) electrons. The van der Waals surface area contributed by atoms with E-state index in [0.717, 1.165) is 19.4 Å². The summed E-state index contributed by atoms with van der Waals surface area (Å²) in [6, 6.07) is 15.8. The number of benzene rings is 2. The molecule has 120 valence electrons. The summed E-state index contributed by atoms with van der Waals surface area (Å²) in [6.45, 7) is 3.33. The van der Waals surface area contributed by atoms with E-state index in [9.17, 15) is 0 Å². The van der Waals surface area contributed by atoms with Gasteiger partial charge in [-0.3, -0.25) is 0 Å². The quantitative estimate of drug-likeness (QED) is 0.611. The van der Waals surface area contributed by atoms with Gasteiger partial charge in [0.05, 0.1) is 0 Å². The zero-order valence-corrected chi connectivity index (χ0v) is 15.1. The van der Waals surface area contributed by atoms with Crippen LogP contribution < -0.4 is 0 Å². The first kappa shape index (κ1) is 16.4. The molecule has 3 rings (SSSR count). The van der Waals surface area contributed by atoms with Crippen molar-refractivity contribution in [2.24, 2.45) is 0 Å². The van der Waals surface area contributed by atoms with Gasteiger partial charge in [0.25, 0.3) is 0 Å². The Morgan fingerprint density at radius 2 is 1.78 bits per heavy atom. The molecule has 0 saturated heterocycles. The third kappa shape index (κ3) is 3.70. The van der Waals surface area contributed by atoms with Crippen LogP contribution in [-0.4, -0.2) is 25.5 Å². The average Bonchev–Trinajstić information content (AvgIpc) is 2.54. The van der Waals surface area contributed by atoms with E-state index in [1.807, 2.05) is 11.8 Å². The van der Waals surface area contributed by atoms with Gasteiger partial charge in [-0.15, -0.1) is 0 Å². The SMILES string of the molecule is CCCc1ccc2c(c1)/C(=C/CCN(C)C)c1ccccc1S2.